The van der Waals surface area contributed by atoms with Crippen LogP contribution in [0, 0.1) is 5.41 Å². The molecular formula is C41H76O8. The van der Waals surface area contributed by atoms with E-state index in [1.165, 1.54) is 0 Å². The van der Waals surface area contributed by atoms with Gasteiger partial charge in [0.05, 0.1) is 19.8 Å². The number of ether oxygens (including phenoxy) is 4. The molecule has 288 valence electrons. The van der Waals surface area contributed by atoms with E-state index in [9.17, 15) is 19.2 Å². The Morgan fingerprint density at radius 2 is 0.735 bits per heavy atom. The topological polar surface area (TPSA) is 105 Å². The van der Waals surface area contributed by atoms with Gasteiger partial charge in [-0.15, -0.1) is 0 Å². The maximum Gasteiger partial charge on any atom is 0.324 e. The van der Waals surface area contributed by atoms with Crippen LogP contribution in [0.2, 0.25) is 0 Å². The summed E-state index contributed by atoms with van der Waals surface area (Å²) in [5.74, 6) is -1.03. The molecule has 0 rings (SSSR count). The summed E-state index contributed by atoms with van der Waals surface area (Å²) in [6.07, 6.45) is 23.5. The molecule has 0 aliphatic heterocycles. The summed E-state index contributed by atoms with van der Waals surface area (Å²) in [5, 5.41) is 0. The molecule has 0 amide bonds. The van der Waals surface area contributed by atoms with Crippen molar-refractivity contribution in [3.63, 3.8) is 0 Å². The van der Waals surface area contributed by atoms with Crippen LogP contribution in [-0.4, -0.2) is 49.3 Å². The van der Waals surface area contributed by atoms with E-state index >= 15 is 0 Å². The molecular weight excluding hydrogens is 620 g/mol. The van der Waals surface area contributed by atoms with Crippen molar-refractivity contribution in [1.29, 1.82) is 0 Å². The van der Waals surface area contributed by atoms with Crippen molar-refractivity contribution in [3.05, 3.63) is 0 Å². The Hall–Kier alpha value is -2.12. The van der Waals surface area contributed by atoms with E-state index in [0.29, 0.717) is 45.5 Å². The Kier molecular flexibility index (Phi) is 29.4. The van der Waals surface area contributed by atoms with Crippen LogP contribution < -0.4 is 0 Å². The van der Waals surface area contributed by atoms with E-state index in [0.717, 1.165) is 141 Å². The van der Waals surface area contributed by atoms with E-state index < -0.39 is 23.0 Å². The van der Waals surface area contributed by atoms with Gasteiger partial charge in [-0.2, -0.15) is 0 Å². The fourth-order valence-corrected chi connectivity index (χ4v) is 5.76. The molecule has 8 nitrogen and oxygen atoms in total. The molecule has 0 heterocycles. The second-order valence-electron chi connectivity index (χ2n) is 14.9. The molecule has 0 aliphatic rings. The average Bonchev–Trinajstić information content (AvgIpc) is 3.04. The zero-order valence-electron chi connectivity index (χ0n) is 32.8. The quantitative estimate of drug-likeness (QED) is 0.0289. The van der Waals surface area contributed by atoms with Gasteiger partial charge in [-0.1, -0.05) is 130 Å². The highest BCUT2D eigenvalue weighted by Gasteiger charge is 2.49. The molecule has 0 radical (unpaired) electrons. The number of carbonyl (C=O) groups excluding carboxylic acids is 4. The van der Waals surface area contributed by atoms with E-state index in [1.54, 1.807) is 0 Å². The highest BCUT2D eigenvalue weighted by molar-refractivity contribution is 6.00. The maximum absolute atomic E-state index is 13.7. The van der Waals surface area contributed by atoms with Crippen LogP contribution in [0.3, 0.4) is 0 Å². The van der Waals surface area contributed by atoms with Crippen LogP contribution in [0.5, 0.6) is 0 Å². The lowest BCUT2D eigenvalue weighted by Gasteiger charge is -2.33. The van der Waals surface area contributed by atoms with Crippen LogP contribution in [0.1, 0.15) is 208 Å². The third-order valence-electron chi connectivity index (χ3n) is 8.90. The molecule has 0 saturated heterocycles. The number of hydrogen-bond donors (Lipinski definition) is 0. The van der Waals surface area contributed by atoms with Gasteiger partial charge in [0, 0.05) is 12.8 Å². The number of rotatable bonds is 33. The predicted molar refractivity (Wildman–Crippen MR) is 198 cm³/mol. The Morgan fingerprint density at radius 3 is 1.08 bits per heavy atom. The lowest BCUT2D eigenvalue weighted by atomic mass is 9.77. The van der Waals surface area contributed by atoms with Crippen molar-refractivity contribution in [2.24, 2.45) is 5.41 Å². The third-order valence-corrected chi connectivity index (χ3v) is 8.90. The molecule has 0 aromatic rings. The first-order valence-electron chi connectivity index (χ1n) is 20.2. The summed E-state index contributed by atoms with van der Waals surface area (Å²) in [7, 11) is 0. The van der Waals surface area contributed by atoms with Gasteiger partial charge in [0.1, 0.15) is 5.60 Å². The summed E-state index contributed by atoms with van der Waals surface area (Å²) in [5.41, 5.74) is -1.96. The molecule has 0 atom stereocenters. The van der Waals surface area contributed by atoms with Crippen LogP contribution >= 0.6 is 0 Å². The minimum atomic E-state index is -1.27. The fourth-order valence-electron chi connectivity index (χ4n) is 5.76. The SMILES string of the molecule is CCCCOC(=O)CCCCCCCCCCC(CCCCCCCCCCC(=O)OCCCC)(C(=O)OCCCC)C(=O)OC(C)(C)C. The first-order chi connectivity index (χ1) is 23.5. The minimum Gasteiger partial charge on any atom is -0.466 e. The molecule has 0 N–H and O–H groups in total. The first kappa shape index (κ1) is 46.9. The Bertz CT molecular complexity index is 805. The van der Waals surface area contributed by atoms with Gasteiger partial charge in [0.25, 0.3) is 0 Å². The number of esters is 4. The summed E-state index contributed by atoms with van der Waals surface area (Å²) in [4.78, 5) is 50.9. The zero-order valence-corrected chi connectivity index (χ0v) is 32.8. The van der Waals surface area contributed by atoms with E-state index in [4.69, 9.17) is 18.9 Å². The summed E-state index contributed by atoms with van der Waals surface area (Å²) in [6, 6.07) is 0. The molecule has 0 bridgehead atoms. The lowest BCUT2D eigenvalue weighted by molar-refractivity contribution is -0.181. The molecule has 49 heavy (non-hydrogen) atoms. The number of hydrogen-bond acceptors (Lipinski definition) is 8. The van der Waals surface area contributed by atoms with Crippen molar-refractivity contribution >= 4 is 23.9 Å². The van der Waals surface area contributed by atoms with Gasteiger partial charge in [0.2, 0.25) is 0 Å². The Labute approximate surface area is 300 Å². The summed E-state index contributed by atoms with van der Waals surface area (Å²) < 4.78 is 22.1. The summed E-state index contributed by atoms with van der Waals surface area (Å²) in [6.45, 7) is 13.2. The highest BCUT2D eigenvalue weighted by atomic mass is 16.6. The second-order valence-corrected chi connectivity index (χ2v) is 14.9. The number of carbonyl (C=O) groups is 4. The van der Waals surface area contributed by atoms with Crippen molar-refractivity contribution in [2.45, 2.75) is 214 Å². The standard InChI is InChI=1S/C41H76O8/c1-7-10-33-46-36(42)29-25-21-17-13-15-19-23-27-31-41(38(44)48-35-12-9-3,39(45)49-40(4,5)6)32-28-24-20-16-14-18-22-26-30-37(43)47-34-11-8-2/h7-35H2,1-6H3. The lowest BCUT2D eigenvalue weighted by Crippen LogP contribution is -2.45. The third kappa shape index (κ3) is 26.4. The van der Waals surface area contributed by atoms with Crippen LogP contribution in [0.25, 0.3) is 0 Å². The zero-order chi connectivity index (χ0) is 36.6. The van der Waals surface area contributed by atoms with Crippen LogP contribution in [0.4, 0.5) is 0 Å². The second kappa shape index (κ2) is 30.7. The van der Waals surface area contributed by atoms with Crippen molar-refractivity contribution in [1.82, 2.24) is 0 Å². The molecule has 0 saturated carbocycles. The van der Waals surface area contributed by atoms with Crippen molar-refractivity contribution in [3.8, 4) is 0 Å². The van der Waals surface area contributed by atoms with Crippen molar-refractivity contribution in [2.75, 3.05) is 19.8 Å². The average molecular weight is 697 g/mol. The highest BCUT2D eigenvalue weighted by Crippen LogP contribution is 2.37. The first-order valence-corrected chi connectivity index (χ1v) is 20.2. The number of unbranched alkanes of at least 4 members (excludes halogenated alkanes) is 17. The van der Waals surface area contributed by atoms with Crippen LogP contribution in [0.15, 0.2) is 0 Å². The van der Waals surface area contributed by atoms with E-state index in [-0.39, 0.29) is 11.9 Å². The smallest absolute Gasteiger partial charge is 0.324 e. The minimum absolute atomic E-state index is 0.0832. The molecule has 0 spiro atoms. The predicted octanol–water partition coefficient (Wildman–Crippen LogP) is 11.1. The van der Waals surface area contributed by atoms with E-state index in [2.05, 4.69) is 20.8 Å². The van der Waals surface area contributed by atoms with Gasteiger partial charge >= 0.3 is 23.9 Å². The molecule has 0 aromatic heterocycles. The summed E-state index contributed by atoms with van der Waals surface area (Å²) >= 11 is 0. The normalized spacial score (nSPS) is 11.7. The maximum atomic E-state index is 13.7. The monoisotopic (exact) mass is 697 g/mol. The van der Waals surface area contributed by atoms with Gasteiger partial charge in [-0.25, -0.2) is 0 Å². The molecule has 0 fully saturated rings. The van der Waals surface area contributed by atoms with Gasteiger partial charge < -0.3 is 18.9 Å². The van der Waals surface area contributed by atoms with E-state index in [1.807, 2.05) is 20.8 Å². The molecule has 0 aliphatic carbocycles. The molecule has 0 unspecified atom stereocenters. The Balaban J connectivity index is 4.80. The fraction of sp³-hybridized carbons (Fsp3) is 0.902. The largest absolute Gasteiger partial charge is 0.466 e. The Morgan fingerprint density at radius 1 is 0.408 bits per heavy atom. The molecule has 8 heteroatoms. The van der Waals surface area contributed by atoms with Crippen LogP contribution in [-0.2, 0) is 38.1 Å². The van der Waals surface area contributed by atoms with Gasteiger partial charge in [-0.05, 0) is 65.7 Å². The van der Waals surface area contributed by atoms with Gasteiger partial charge in [0.15, 0.2) is 5.41 Å². The van der Waals surface area contributed by atoms with Gasteiger partial charge in [-0.3, -0.25) is 19.2 Å². The molecule has 0 aromatic carbocycles. The van der Waals surface area contributed by atoms with Crippen molar-refractivity contribution < 1.29 is 38.1 Å².